The average Bonchev–Trinajstić information content (AvgIpc) is 2.54. The normalized spacial score (nSPS) is 16.6. The van der Waals surface area contributed by atoms with Gasteiger partial charge in [-0.2, -0.15) is 0 Å². The maximum atomic E-state index is 9.30. The molecule has 0 aromatic carbocycles. The molecule has 5 heteroatoms. The molecule has 0 saturated carbocycles. The molecule has 1 aromatic heterocycles. The predicted octanol–water partition coefficient (Wildman–Crippen LogP) is 1.33. The van der Waals surface area contributed by atoms with Crippen LogP contribution < -0.4 is 0 Å². The van der Waals surface area contributed by atoms with Gasteiger partial charge in [0.15, 0.2) is 0 Å². The van der Waals surface area contributed by atoms with Crippen LogP contribution in [-0.2, 0) is 11.3 Å². The third-order valence-corrected chi connectivity index (χ3v) is 4.06. The lowest BCUT2D eigenvalue weighted by Gasteiger charge is -2.29. The average molecular weight is 307 g/mol. The fraction of sp³-hybridized carbons (Fsp3) is 0.706. The van der Waals surface area contributed by atoms with Crippen molar-refractivity contribution in [2.75, 3.05) is 52.5 Å². The molecule has 0 aliphatic carbocycles. The summed E-state index contributed by atoms with van der Waals surface area (Å²) >= 11 is 0. The van der Waals surface area contributed by atoms with Crippen LogP contribution in [0.15, 0.2) is 18.2 Å². The minimum atomic E-state index is 0.187. The minimum Gasteiger partial charge on any atom is -0.395 e. The maximum Gasteiger partial charge on any atom is 0.0594 e. The van der Waals surface area contributed by atoms with Crippen molar-refractivity contribution >= 4 is 0 Å². The number of aliphatic hydroxyl groups excluding tert-OH is 1. The maximum absolute atomic E-state index is 9.30. The van der Waals surface area contributed by atoms with Crippen molar-refractivity contribution in [1.29, 1.82) is 0 Å². The van der Waals surface area contributed by atoms with Gasteiger partial charge in [-0.15, -0.1) is 0 Å². The molecule has 22 heavy (non-hydrogen) atoms. The predicted molar refractivity (Wildman–Crippen MR) is 87.9 cm³/mol. The van der Waals surface area contributed by atoms with E-state index in [4.69, 9.17) is 9.72 Å². The molecule has 1 aromatic rings. The number of rotatable bonds is 8. The summed E-state index contributed by atoms with van der Waals surface area (Å²) in [6.07, 6.45) is 0. The van der Waals surface area contributed by atoms with Gasteiger partial charge in [0.2, 0.25) is 0 Å². The third-order valence-electron chi connectivity index (χ3n) is 4.06. The molecule has 1 saturated heterocycles. The van der Waals surface area contributed by atoms with Crippen LogP contribution in [0.4, 0.5) is 0 Å². The van der Waals surface area contributed by atoms with Gasteiger partial charge in [0.05, 0.1) is 25.5 Å². The molecular formula is C17H29N3O2. The van der Waals surface area contributed by atoms with Crippen LogP contribution in [0.3, 0.4) is 0 Å². The molecule has 2 heterocycles. The summed E-state index contributed by atoms with van der Waals surface area (Å²) in [4.78, 5) is 9.43. The van der Waals surface area contributed by atoms with E-state index in [1.165, 1.54) is 0 Å². The quantitative estimate of drug-likeness (QED) is 0.785. The summed E-state index contributed by atoms with van der Waals surface area (Å²) in [6.45, 7) is 11.7. The SMILES string of the molecule is CC(C)c1cccc(CN(CCO)CCN2CCOCC2)n1. The van der Waals surface area contributed by atoms with Crippen LogP contribution in [-0.4, -0.2) is 72.4 Å². The minimum absolute atomic E-state index is 0.187. The number of hydrogen-bond acceptors (Lipinski definition) is 5. The number of hydrogen-bond donors (Lipinski definition) is 1. The van der Waals surface area contributed by atoms with E-state index in [1.807, 2.05) is 0 Å². The smallest absolute Gasteiger partial charge is 0.0594 e. The first-order valence-electron chi connectivity index (χ1n) is 8.28. The summed E-state index contributed by atoms with van der Waals surface area (Å²) in [5.74, 6) is 0.444. The highest BCUT2D eigenvalue weighted by molar-refractivity contribution is 5.13. The van der Waals surface area contributed by atoms with E-state index in [1.54, 1.807) is 0 Å². The van der Waals surface area contributed by atoms with Gasteiger partial charge in [0.1, 0.15) is 0 Å². The molecule has 0 spiro atoms. The first-order chi connectivity index (χ1) is 10.7. The second-order valence-electron chi connectivity index (χ2n) is 6.16. The highest BCUT2D eigenvalue weighted by Crippen LogP contribution is 2.12. The van der Waals surface area contributed by atoms with Gasteiger partial charge >= 0.3 is 0 Å². The van der Waals surface area contributed by atoms with E-state index in [0.29, 0.717) is 12.5 Å². The third kappa shape index (κ3) is 5.65. The van der Waals surface area contributed by atoms with Gasteiger partial charge in [-0.1, -0.05) is 19.9 Å². The first kappa shape index (κ1) is 17.3. The van der Waals surface area contributed by atoms with Gasteiger partial charge in [0, 0.05) is 45.0 Å². The Bertz CT molecular complexity index is 434. The summed E-state index contributed by atoms with van der Waals surface area (Å²) < 4.78 is 5.38. The van der Waals surface area contributed by atoms with Gasteiger partial charge < -0.3 is 9.84 Å². The van der Waals surface area contributed by atoms with Crippen molar-refractivity contribution in [3.63, 3.8) is 0 Å². The van der Waals surface area contributed by atoms with E-state index in [9.17, 15) is 5.11 Å². The van der Waals surface area contributed by atoms with Crippen LogP contribution in [0.1, 0.15) is 31.2 Å². The van der Waals surface area contributed by atoms with E-state index < -0.39 is 0 Å². The Morgan fingerprint density at radius 3 is 2.73 bits per heavy atom. The summed E-state index contributed by atoms with van der Waals surface area (Å²) in [6, 6.07) is 6.24. The van der Waals surface area contributed by atoms with Gasteiger partial charge in [0.25, 0.3) is 0 Å². The van der Waals surface area contributed by atoms with Crippen molar-refractivity contribution in [1.82, 2.24) is 14.8 Å². The number of nitrogens with zero attached hydrogens (tertiary/aromatic N) is 3. The molecule has 2 rings (SSSR count). The Labute approximate surface area is 133 Å². The fourth-order valence-electron chi connectivity index (χ4n) is 2.66. The molecule has 1 N–H and O–H groups in total. The summed E-state index contributed by atoms with van der Waals surface area (Å²) in [5, 5.41) is 9.30. The van der Waals surface area contributed by atoms with Crippen LogP contribution >= 0.6 is 0 Å². The lowest BCUT2D eigenvalue weighted by atomic mass is 10.1. The van der Waals surface area contributed by atoms with Crippen molar-refractivity contribution in [3.8, 4) is 0 Å². The van der Waals surface area contributed by atoms with Crippen molar-refractivity contribution in [3.05, 3.63) is 29.6 Å². The van der Waals surface area contributed by atoms with Gasteiger partial charge in [-0.25, -0.2) is 0 Å². The summed E-state index contributed by atoms with van der Waals surface area (Å²) in [7, 11) is 0. The van der Waals surface area contributed by atoms with Crippen molar-refractivity contribution in [2.45, 2.75) is 26.3 Å². The lowest BCUT2D eigenvalue weighted by molar-refractivity contribution is 0.0319. The van der Waals surface area contributed by atoms with Gasteiger partial charge in [-0.3, -0.25) is 14.8 Å². The van der Waals surface area contributed by atoms with Crippen LogP contribution in [0.25, 0.3) is 0 Å². The highest BCUT2D eigenvalue weighted by atomic mass is 16.5. The fourth-order valence-corrected chi connectivity index (χ4v) is 2.66. The first-order valence-corrected chi connectivity index (χ1v) is 8.28. The highest BCUT2D eigenvalue weighted by Gasteiger charge is 2.13. The molecular weight excluding hydrogens is 278 g/mol. The molecule has 5 nitrogen and oxygen atoms in total. The Kier molecular flexibility index (Phi) is 7.25. The van der Waals surface area contributed by atoms with Crippen molar-refractivity contribution in [2.24, 2.45) is 0 Å². The molecule has 124 valence electrons. The number of aromatic nitrogens is 1. The number of morpholine rings is 1. The van der Waals surface area contributed by atoms with E-state index in [2.05, 4.69) is 41.8 Å². The zero-order valence-corrected chi connectivity index (χ0v) is 13.9. The van der Waals surface area contributed by atoms with Crippen LogP contribution in [0.5, 0.6) is 0 Å². The zero-order chi connectivity index (χ0) is 15.8. The van der Waals surface area contributed by atoms with E-state index in [-0.39, 0.29) is 6.61 Å². The van der Waals surface area contributed by atoms with Crippen molar-refractivity contribution < 1.29 is 9.84 Å². The van der Waals surface area contributed by atoms with Crippen LogP contribution in [0.2, 0.25) is 0 Å². The molecule has 0 atom stereocenters. The Morgan fingerprint density at radius 2 is 2.05 bits per heavy atom. The molecule has 0 unspecified atom stereocenters. The molecule has 0 radical (unpaired) electrons. The molecule has 1 fully saturated rings. The zero-order valence-electron chi connectivity index (χ0n) is 13.9. The number of pyridine rings is 1. The molecule has 1 aliphatic rings. The van der Waals surface area contributed by atoms with Gasteiger partial charge in [-0.05, 0) is 18.1 Å². The Morgan fingerprint density at radius 1 is 1.27 bits per heavy atom. The monoisotopic (exact) mass is 307 g/mol. The second kappa shape index (κ2) is 9.20. The summed E-state index contributed by atoms with van der Waals surface area (Å²) in [5.41, 5.74) is 2.22. The van der Waals surface area contributed by atoms with E-state index in [0.717, 1.165) is 57.3 Å². The standard InChI is InChI=1S/C17H29N3O2/c1-15(2)17-5-3-4-16(18-17)14-20(8-11-21)7-6-19-9-12-22-13-10-19/h3-5,15,21H,6-14H2,1-2H3. The Balaban J connectivity index is 1.88. The second-order valence-corrected chi connectivity index (χ2v) is 6.16. The number of aliphatic hydroxyl groups is 1. The van der Waals surface area contributed by atoms with E-state index >= 15 is 0 Å². The topological polar surface area (TPSA) is 48.8 Å². The Hall–Kier alpha value is -1.01. The molecule has 0 amide bonds. The van der Waals surface area contributed by atoms with Crippen LogP contribution in [0, 0.1) is 0 Å². The molecule has 0 bridgehead atoms. The number of ether oxygens (including phenoxy) is 1. The lowest BCUT2D eigenvalue weighted by Crippen LogP contribution is -2.42. The largest absolute Gasteiger partial charge is 0.395 e. The molecule has 1 aliphatic heterocycles.